The van der Waals surface area contributed by atoms with Crippen molar-refractivity contribution in [3.63, 3.8) is 0 Å². The van der Waals surface area contributed by atoms with Crippen molar-refractivity contribution in [3.8, 4) is 23.0 Å². The van der Waals surface area contributed by atoms with Crippen LogP contribution in [0.25, 0.3) is 0 Å². The summed E-state index contributed by atoms with van der Waals surface area (Å²) in [5, 5.41) is 0. The zero-order chi connectivity index (χ0) is 28.4. The maximum absolute atomic E-state index is 13.1. The van der Waals surface area contributed by atoms with E-state index in [2.05, 4.69) is 12.1 Å². The van der Waals surface area contributed by atoms with Gasteiger partial charge >= 0.3 is 0 Å². The fraction of sp³-hybridized carbons (Fsp3) is 0.194. The van der Waals surface area contributed by atoms with Gasteiger partial charge in [-0.1, -0.05) is 65.7 Å². The molecule has 0 heterocycles. The van der Waals surface area contributed by atoms with E-state index in [9.17, 15) is 13.2 Å². The fourth-order valence-corrected chi connectivity index (χ4v) is 3.60. The van der Waals surface area contributed by atoms with Crippen molar-refractivity contribution in [1.29, 1.82) is 0 Å². The molecule has 0 saturated carbocycles. The van der Waals surface area contributed by atoms with Gasteiger partial charge in [-0.15, -0.1) is 0 Å². The molecule has 0 amide bonds. The third kappa shape index (κ3) is 10.7. The number of benzene rings is 4. The van der Waals surface area contributed by atoms with E-state index in [0.29, 0.717) is 47.9 Å². The van der Waals surface area contributed by atoms with Gasteiger partial charge in [0.05, 0.1) is 12.8 Å². The maximum atomic E-state index is 13.1. The number of nitrogens with zero attached hydrogens (tertiary/aromatic N) is 1. The summed E-state index contributed by atoms with van der Waals surface area (Å²) < 4.78 is 38.1. The molecule has 0 aliphatic rings. The molecule has 0 aliphatic heterocycles. The van der Waals surface area contributed by atoms with Gasteiger partial charge in [0.2, 0.25) is 0 Å². The molecule has 0 aromatic heterocycles. The number of carbonyl (C=O) groups is 1. The van der Waals surface area contributed by atoms with E-state index < -0.39 is 10.1 Å². The minimum absolute atomic E-state index is 0.0223. The molecular formula is C31H33NO6S. The highest BCUT2D eigenvalue weighted by Crippen LogP contribution is 2.36. The van der Waals surface area contributed by atoms with Crippen molar-refractivity contribution < 1.29 is 27.2 Å². The van der Waals surface area contributed by atoms with Gasteiger partial charge in [0.1, 0.15) is 11.5 Å². The Morgan fingerprint density at radius 2 is 1.26 bits per heavy atom. The van der Waals surface area contributed by atoms with E-state index in [1.165, 1.54) is 5.56 Å². The van der Waals surface area contributed by atoms with Gasteiger partial charge in [-0.3, -0.25) is 14.2 Å². The van der Waals surface area contributed by atoms with Crippen molar-refractivity contribution in [2.45, 2.75) is 20.4 Å². The summed E-state index contributed by atoms with van der Waals surface area (Å²) in [5.74, 6) is 2.47. The molecule has 0 atom stereocenters. The number of rotatable bonds is 9. The molecule has 4 aromatic rings. The van der Waals surface area contributed by atoms with Crippen LogP contribution in [0.3, 0.4) is 0 Å². The average molecular weight is 548 g/mol. The van der Waals surface area contributed by atoms with Crippen molar-refractivity contribution >= 4 is 15.9 Å². The molecule has 0 bridgehead atoms. The first-order chi connectivity index (χ1) is 18.5. The molecular weight excluding hydrogens is 514 g/mol. The summed E-state index contributed by atoms with van der Waals surface area (Å²) in [4.78, 5) is 15.1. The number of ketones is 1. The van der Waals surface area contributed by atoms with E-state index in [-0.39, 0.29) is 5.78 Å². The first-order valence-corrected chi connectivity index (χ1v) is 14.1. The normalized spacial score (nSPS) is 10.9. The van der Waals surface area contributed by atoms with Crippen LogP contribution in [-0.2, 0) is 16.7 Å². The molecule has 7 nitrogen and oxygen atoms in total. The molecule has 0 saturated heterocycles. The Hall–Kier alpha value is -3.98. The minimum Gasteiger partial charge on any atom is -0.453 e. The smallest absolute Gasteiger partial charge is 0.261 e. The first kappa shape index (κ1) is 29.6. The van der Waals surface area contributed by atoms with E-state index in [1.54, 1.807) is 18.2 Å². The topological polar surface area (TPSA) is 93.1 Å². The summed E-state index contributed by atoms with van der Waals surface area (Å²) in [7, 11) is -1.72. The zero-order valence-electron chi connectivity index (χ0n) is 22.5. The lowest BCUT2D eigenvalue weighted by atomic mass is 10.1. The van der Waals surface area contributed by atoms with E-state index in [0.717, 1.165) is 11.1 Å². The second-order valence-electron chi connectivity index (χ2n) is 9.31. The number of hydrogen-bond acceptors (Lipinski definition) is 6. The Labute approximate surface area is 230 Å². The molecule has 0 fully saturated rings. The third-order valence-corrected chi connectivity index (χ3v) is 5.47. The van der Waals surface area contributed by atoms with Gasteiger partial charge in [-0.2, -0.15) is 8.42 Å². The van der Waals surface area contributed by atoms with Crippen molar-refractivity contribution in [3.05, 3.63) is 119 Å². The van der Waals surface area contributed by atoms with Gasteiger partial charge in [0.25, 0.3) is 10.1 Å². The second-order valence-corrected chi connectivity index (χ2v) is 10.8. The maximum Gasteiger partial charge on any atom is 0.261 e. The van der Waals surface area contributed by atoms with Crippen LogP contribution in [0.15, 0.2) is 97.1 Å². The lowest BCUT2D eigenvalue weighted by Crippen LogP contribution is -2.25. The number of aryl methyl sites for hydroxylation is 2. The summed E-state index contributed by atoms with van der Waals surface area (Å²) in [5.41, 5.74) is 4.05. The van der Waals surface area contributed by atoms with Crippen molar-refractivity contribution in [2.24, 2.45) is 0 Å². The van der Waals surface area contributed by atoms with Crippen LogP contribution in [0.5, 0.6) is 23.0 Å². The van der Waals surface area contributed by atoms with Crippen LogP contribution >= 0.6 is 0 Å². The van der Waals surface area contributed by atoms with Crippen LogP contribution in [0.1, 0.15) is 27.0 Å². The van der Waals surface area contributed by atoms with E-state index >= 15 is 0 Å². The second kappa shape index (κ2) is 13.7. The average Bonchev–Trinajstić information content (AvgIpc) is 2.87. The third-order valence-electron chi connectivity index (χ3n) is 5.47. The number of Topliss-reactive ketones (excluding diaryl/α,β-unsaturated/α-hetero) is 1. The van der Waals surface area contributed by atoms with Gasteiger partial charge in [0, 0.05) is 12.1 Å². The number of likely N-dealkylation sites (N-methyl/N-ethyl adjacent to an activating group) is 1. The highest BCUT2D eigenvalue weighted by Gasteiger charge is 2.15. The lowest BCUT2D eigenvalue weighted by molar-refractivity contribution is 0.0942. The summed E-state index contributed by atoms with van der Waals surface area (Å²) in [6, 6.07) is 31.1. The standard InChI is InChI=1S/C30H29NO3.CH4O3S/c1-22-9-14-26(15-10-22)33-29-18-13-25(19-30(29)34-27-16-11-23(2)12-17-27)28(32)21-31(3)20-24-7-5-4-6-8-24;1-5(2,3)4/h4-19H,20-21H2,1-3H3;1H3,(H,2,3,4). The Kier molecular flexibility index (Phi) is 10.4. The first-order valence-electron chi connectivity index (χ1n) is 12.3. The van der Waals surface area contributed by atoms with Gasteiger partial charge in [-0.05, 0) is 68.9 Å². The fourth-order valence-electron chi connectivity index (χ4n) is 3.60. The highest BCUT2D eigenvalue weighted by molar-refractivity contribution is 7.85. The Morgan fingerprint density at radius 3 is 1.77 bits per heavy atom. The van der Waals surface area contributed by atoms with Crippen LogP contribution in [-0.4, -0.2) is 43.5 Å². The van der Waals surface area contributed by atoms with Crippen molar-refractivity contribution in [1.82, 2.24) is 4.90 Å². The Balaban J connectivity index is 0.000000771. The summed E-state index contributed by atoms with van der Waals surface area (Å²) in [6.45, 7) is 5.07. The monoisotopic (exact) mass is 547 g/mol. The van der Waals surface area contributed by atoms with Crippen LogP contribution in [0, 0.1) is 13.8 Å². The molecule has 4 aromatic carbocycles. The quantitative estimate of drug-likeness (QED) is 0.184. The molecule has 0 spiro atoms. The molecule has 0 unspecified atom stereocenters. The van der Waals surface area contributed by atoms with Gasteiger partial charge in [-0.25, -0.2) is 0 Å². The predicted octanol–water partition coefficient (Wildman–Crippen LogP) is 6.71. The van der Waals surface area contributed by atoms with E-state index in [4.69, 9.17) is 14.0 Å². The van der Waals surface area contributed by atoms with Crippen LogP contribution in [0.4, 0.5) is 0 Å². The molecule has 4 rings (SSSR count). The molecule has 0 aliphatic carbocycles. The van der Waals surface area contributed by atoms with Crippen LogP contribution < -0.4 is 9.47 Å². The molecule has 204 valence electrons. The largest absolute Gasteiger partial charge is 0.453 e. The van der Waals surface area contributed by atoms with Crippen LogP contribution in [0.2, 0.25) is 0 Å². The minimum atomic E-state index is -3.67. The summed E-state index contributed by atoms with van der Waals surface area (Å²) >= 11 is 0. The van der Waals surface area contributed by atoms with Crippen molar-refractivity contribution in [2.75, 3.05) is 19.8 Å². The highest BCUT2D eigenvalue weighted by atomic mass is 32.2. The summed E-state index contributed by atoms with van der Waals surface area (Å²) in [6.07, 6.45) is 0.715. The molecule has 39 heavy (non-hydrogen) atoms. The predicted molar refractivity (Wildman–Crippen MR) is 154 cm³/mol. The SMILES string of the molecule is CS(=O)(=O)O.Cc1ccc(Oc2ccc(C(=O)CN(C)Cc3ccccc3)cc2Oc2ccc(C)cc2)cc1. The molecule has 8 heteroatoms. The van der Waals surface area contributed by atoms with E-state index in [1.807, 2.05) is 92.5 Å². The number of hydrogen-bond donors (Lipinski definition) is 1. The zero-order valence-corrected chi connectivity index (χ0v) is 23.3. The van der Waals surface area contributed by atoms with Gasteiger partial charge in [0.15, 0.2) is 17.3 Å². The number of ether oxygens (including phenoxy) is 2. The van der Waals surface area contributed by atoms with Gasteiger partial charge < -0.3 is 9.47 Å². The Morgan fingerprint density at radius 1 is 0.769 bits per heavy atom. The molecule has 1 N–H and O–H groups in total. The lowest BCUT2D eigenvalue weighted by Gasteiger charge is -2.17. The number of carbonyl (C=O) groups excluding carboxylic acids is 1. The Bertz CT molecular complexity index is 1460. The molecule has 0 radical (unpaired) electrons.